The molecule has 24 heavy (non-hydrogen) atoms. The van der Waals surface area contributed by atoms with Gasteiger partial charge in [-0.3, -0.25) is 14.5 Å². The van der Waals surface area contributed by atoms with Crippen molar-refractivity contribution in [3.63, 3.8) is 0 Å². The molecule has 6 heteroatoms. The fourth-order valence-corrected chi connectivity index (χ4v) is 2.69. The first-order chi connectivity index (χ1) is 11.6. The zero-order valence-corrected chi connectivity index (χ0v) is 14.1. The fourth-order valence-electron chi connectivity index (χ4n) is 2.69. The van der Waals surface area contributed by atoms with Crippen molar-refractivity contribution in [3.05, 3.63) is 24.3 Å². The van der Waals surface area contributed by atoms with Crippen molar-refractivity contribution in [2.75, 3.05) is 7.11 Å². The van der Waals surface area contributed by atoms with Crippen LogP contribution in [0.3, 0.4) is 0 Å². The summed E-state index contributed by atoms with van der Waals surface area (Å²) in [6.45, 7) is 2.04. The van der Waals surface area contributed by atoms with E-state index < -0.39 is 12.0 Å². The number of ether oxygens (including phenoxy) is 2. The van der Waals surface area contributed by atoms with E-state index in [-0.39, 0.29) is 24.7 Å². The molecule has 6 nitrogen and oxygen atoms in total. The number of methoxy groups -OCH3 is 1. The van der Waals surface area contributed by atoms with Gasteiger partial charge in [-0.2, -0.15) is 0 Å². The first-order valence-electron chi connectivity index (χ1n) is 8.27. The summed E-state index contributed by atoms with van der Waals surface area (Å²) in [6.07, 6.45) is 3.43. The van der Waals surface area contributed by atoms with Crippen molar-refractivity contribution < 1.29 is 23.9 Å². The van der Waals surface area contributed by atoms with Gasteiger partial charge in [0.25, 0.3) is 0 Å². The first-order valence-corrected chi connectivity index (χ1v) is 8.27. The molecule has 0 radical (unpaired) electrons. The Balaban J connectivity index is 2.00. The first kappa shape index (κ1) is 18.0. The van der Waals surface area contributed by atoms with Crippen molar-refractivity contribution in [2.24, 2.45) is 0 Å². The van der Waals surface area contributed by atoms with Crippen LogP contribution in [0, 0.1) is 0 Å². The highest BCUT2D eigenvalue weighted by Crippen LogP contribution is 2.24. The monoisotopic (exact) mass is 333 g/mol. The SMILES string of the molecule is CCCCCC(=O)N1C(=O)CC[C@H]1C(=O)Oc1ccc(OC)cc1. The van der Waals surface area contributed by atoms with Crippen LogP contribution in [0.5, 0.6) is 11.5 Å². The number of benzene rings is 1. The minimum Gasteiger partial charge on any atom is -0.497 e. The van der Waals surface area contributed by atoms with Gasteiger partial charge in [-0.1, -0.05) is 19.8 Å². The maximum atomic E-state index is 12.4. The van der Waals surface area contributed by atoms with E-state index in [1.807, 2.05) is 6.92 Å². The molecule has 130 valence electrons. The number of rotatable bonds is 7. The summed E-state index contributed by atoms with van der Waals surface area (Å²) in [5.74, 6) is -0.150. The fraction of sp³-hybridized carbons (Fsp3) is 0.500. The summed E-state index contributed by atoms with van der Waals surface area (Å²) in [5.41, 5.74) is 0. The molecule has 0 N–H and O–H groups in total. The van der Waals surface area contributed by atoms with E-state index in [0.717, 1.165) is 24.2 Å². The average Bonchev–Trinajstić information content (AvgIpc) is 2.97. The van der Waals surface area contributed by atoms with Gasteiger partial charge in [0.15, 0.2) is 0 Å². The quantitative estimate of drug-likeness (QED) is 0.436. The number of nitrogens with zero attached hydrogens (tertiary/aromatic N) is 1. The van der Waals surface area contributed by atoms with Gasteiger partial charge in [0.2, 0.25) is 11.8 Å². The van der Waals surface area contributed by atoms with E-state index in [4.69, 9.17) is 9.47 Å². The van der Waals surface area contributed by atoms with Crippen molar-refractivity contribution in [2.45, 2.75) is 51.5 Å². The van der Waals surface area contributed by atoms with E-state index >= 15 is 0 Å². The third-order valence-corrected chi connectivity index (χ3v) is 4.02. The van der Waals surface area contributed by atoms with Gasteiger partial charge >= 0.3 is 5.97 Å². The maximum Gasteiger partial charge on any atom is 0.334 e. The molecule has 1 aromatic carbocycles. The zero-order chi connectivity index (χ0) is 17.5. The van der Waals surface area contributed by atoms with Crippen molar-refractivity contribution in [1.82, 2.24) is 4.90 Å². The summed E-state index contributed by atoms with van der Waals surface area (Å²) in [5, 5.41) is 0. The highest BCUT2D eigenvalue weighted by molar-refractivity contribution is 6.02. The van der Waals surface area contributed by atoms with Gasteiger partial charge in [-0.25, -0.2) is 4.79 Å². The molecule has 1 saturated heterocycles. The highest BCUT2D eigenvalue weighted by Gasteiger charge is 2.40. The summed E-state index contributed by atoms with van der Waals surface area (Å²) in [7, 11) is 1.55. The summed E-state index contributed by atoms with van der Waals surface area (Å²) >= 11 is 0. The lowest BCUT2D eigenvalue weighted by Gasteiger charge is -2.21. The summed E-state index contributed by atoms with van der Waals surface area (Å²) < 4.78 is 10.4. The molecule has 0 spiro atoms. The molecule has 1 aromatic rings. The number of hydrogen-bond donors (Lipinski definition) is 0. The van der Waals surface area contributed by atoms with E-state index in [1.165, 1.54) is 0 Å². The molecule has 1 aliphatic heterocycles. The van der Waals surface area contributed by atoms with Gasteiger partial charge in [0, 0.05) is 12.8 Å². The minimum absolute atomic E-state index is 0.196. The Morgan fingerprint density at radius 1 is 1.17 bits per heavy atom. The van der Waals surface area contributed by atoms with Crippen LogP contribution in [0.1, 0.15) is 45.4 Å². The van der Waals surface area contributed by atoms with Crippen LogP contribution >= 0.6 is 0 Å². The van der Waals surface area contributed by atoms with Crippen LogP contribution in [0.15, 0.2) is 24.3 Å². The van der Waals surface area contributed by atoms with E-state index in [9.17, 15) is 14.4 Å². The number of carbonyl (C=O) groups excluding carboxylic acids is 3. The van der Waals surface area contributed by atoms with Gasteiger partial charge in [-0.05, 0) is 37.1 Å². The predicted molar refractivity (Wildman–Crippen MR) is 87.6 cm³/mol. The van der Waals surface area contributed by atoms with Crippen LogP contribution < -0.4 is 9.47 Å². The second-order valence-electron chi connectivity index (χ2n) is 5.77. The number of imide groups is 1. The summed E-state index contributed by atoms with van der Waals surface area (Å²) in [6, 6.07) is 5.75. The Morgan fingerprint density at radius 3 is 2.46 bits per heavy atom. The molecule has 1 fully saturated rings. The average molecular weight is 333 g/mol. The van der Waals surface area contributed by atoms with Gasteiger partial charge in [0.1, 0.15) is 17.5 Å². The zero-order valence-electron chi connectivity index (χ0n) is 14.1. The van der Waals surface area contributed by atoms with Crippen molar-refractivity contribution >= 4 is 17.8 Å². The molecule has 1 heterocycles. The third kappa shape index (κ3) is 4.34. The molecule has 0 bridgehead atoms. The molecule has 1 aliphatic rings. The van der Waals surface area contributed by atoms with E-state index in [2.05, 4.69) is 0 Å². The number of esters is 1. The van der Waals surface area contributed by atoms with Crippen molar-refractivity contribution in [3.8, 4) is 11.5 Å². The third-order valence-electron chi connectivity index (χ3n) is 4.02. The standard InChI is InChI=1S/C18H23NO5/c1-3-4-5-6-16(20)19-15(11-12-17(19)21)18(22)24-14-9-7-13(23-2)8-10-14/h7-10,15H,3-6,11-12H2,1-2H3/t15-/m0/s1. The summed E-state index contributed by atoms with van der Waals surface area (Å²) in [4.78, 5) is 37.7. The van der Waals surface area contributed by atoms with E-state index in [1.54, 1.807) is 31.4 Å². The number of amides is 2. The molecule has 1 atom stereocenters. The lowest BCUT2D eigenvalue weighted by Crippen LogP contribution is -2.44. The second kappa shape index (κ2) is 8.47. The molecule has 0 aromatic heterocycles. The lowest BCUT2D eigenvalue weighted by molar-refractivity contribution is -0.152. The number of unbranched alkanes of at least 4 members (excludes halogenated alkanes) is 2. The second-order valence-corrected chi connectivity index (χ2v) is 5.77. The van der Waals surface area contributed by atoms with Gasteiger partial charge in [-0.15, -0.1) is 0 Å². The Labute approximate surface area is 141 Å². The Kier molecular flexibility index (Phi) is 6.35. The maximum absolute atomic E-state index is 12.4. The molecular formula is C18H23NO5. The molecule has 0 saturated carbocycles. The number of carbonyl (C=O) groups is 3. The molecule has 0 aliphatic carbocycles. The van der Waals surface area contributed by atoms with Gasteiger partial charge in [0.05, 0.1) is 7.11 Å². The van der Waals surface area contributed by atoms with E-state index in [0.29, 0.717) is 17.9 Å². The van der Waals surface area contributed by atoms with Crippen LogP contribution in [-0.2, 0) is 14.4 Å². The van der Waals surface area contributed by atoms with Crippen LogP contribution in [0.2, 0.25) is 0 Å². The number of likely N-dealkylation sites (tertiary alicyclic amines) is 1. The van der Waals surface area contributed by atoms with Crippen LogP contribution in [0.4, 0.5) is 0 Å². The smallest absolute Gasteiger partial charge is 0.334 e. The Bertz CT molecular complexity index is 596. The number of hydrogen-bond acceptors (Lipinski definition) is 5. The molecule has 0 unspecified atom stereocenters. The Morgan fingerprint density at radius 2 is 1.83 bits per heavy atom. The topological polar surface area (TPSA) is 72.9 Å². The van der Waals surface area contributed by atoms with Crippen LogP contribution in [0.25, 0.3) is 0 Å². The molecule has 2 amide bonds. The van der Waals surface area contributed by atoms with Gasteiger partial charge < -0.3 is 9.47 Å². The largest absolute Gasteiger partial charge is 0.497 e. The highest BCUT2D eigenvalue weighted by atomic mass is 16.5. The predicted octanol–water partition coefficient (Wildman–Crippen LogP) is 2.70. The normalized spacial score (nSPS) is 17.0. The molecular weight excluding hydrogens is 310 g/mol. The van der Waals surface area contributed by atoms with Crippen molar-refractivity contribution in [1.29, 1.82) is 0 Å². The molecule has 2 rings (SSSR count). The van der Waals surface area contributed by atoms with Crippen LogP contribution in [-0.4, -0.2) is 35.8 Å². The lowest BCUT2D eigenvalue weighted by atomic mass is 10.1. The minimum atomic E-state index is -0.825. The Hall–Kier alpha value is -2.37.